The van der Waals surface area contributed by atoms with Gasteiger partial charge in [0.25, 0.3) is 0 Å². The van der Waals surface area contributed by atoms with Crippen molar-refractivity contribution in [3.05, 3.63) is 66.0 Å². The topological polar surface area (TPSA) is 67.3 Å². The van der Waals surface area contributed by atoms with E-state index in [1.54, 1.807) is 13.4 Å². The van der Waals surface area contributed by atoms with Crippen molar-refractivity contribution >= 4 is 17.4 Å². The first-order valence-corrected chi connectivity index (χ1v) is 10.6. The fourth-order valence-electron chi connectivity index (χ4n) is 3.96. The van der Waals surface area contributed by atoms with Crippen LogP contribution in [0.5, 0.6) is 5.75 Å². The van der Waals surface area contributed by atoms with Crippen LogP contribution < -0.4 is 15.0 Å². The maximum Gasteiger partial charge on any atom is 0.229 e. The summed E-state index contributed by atoms with van der Waals surface area (Å²) >= 11 is 0. The van der Waals surface area contributed by atoms with E-state index in [-0.39, 0.29) is 11.8 Å². The summed E-state index contributed by atoms with van der Waals surface area (Å²) in [5.74, 6) is 1.66. The Morgan fingerprint density at radius 3 is 2.71 bits per heavy atom. The molecule has 1 N–H and O–H groups in total. The lowest BCUT2D eigenvalue weighted by atomic mass is 9.96. The van der Waals surface area contributed by atoms with E-state index >= 15 is 0 Å². The number of piperidine rings is 1. The second-order valence-corrected chi connectivity index (χ2v) is 8.01. The average Bonchev–Trinajstić information content (AvgIpc) is 2.82. The van der Waals surface area contributed by atoms with Crippen molar-refractivity contribution in [2.45, 2.75) is 26.7 Å². The van der Waals surface area contributed by atoms with E-state index in [4.69, 9.17) is 4.74 Å². The van der Waals surface area contributed by atoms with Crippen LogP contribution in [-0.4, -0.2) is 36.1 Å². The first-order valence-electron chi connectivity index (χ1n) is 10.6. The Morgan fingerprint density at radius 2 is 1.94 bits per heavy atom. The number of anilines is 2. The molecule has 1 amide bonds. The van der Waals surface area contributed by atoms with Gasteiger partial charge in [-0.25, -0.2) is 9.97 Å². The highest BCUT2D eigenvalue weighted by atomic mass is 16.5. The number of aromatic nitrogens is 2. The van der Waals surface area contributed by atoms with Gasteiger partial charge in [-0.1, -0.05) is 12.1 Å². The molecule has 1 aliphatic heterocycles. The maximum absolute atomic E-state index is 13.0. The second-order valence-electron chi connectivity index (χ2n) is 8.01. The molecule has 0 aliphatic carbocycles. The minimum Gasteiger partial charge on any atom is -0.497 e. The van der Waals surface area contributed by atoms with E-state index in [2.05, 4.69) is 33.2 Å². The Bertz CT molecular complexity index is 1070. The zero-order chi connectivity index (χ0) is 21.8. The lowest BCUT2D eigenvalue weighted by Gasteiger charge is -2.33. The van der Waals surface area contributed by atoms with Crippen LogP contribution in [0.3, 0.4) is 0 Å². The number of aryl methyl sites for hydroxylation is 1. The van der Waals surface area contributed by atoms with E-state index in [0.717, 1.165) is 53.5 Å². The van der Waals surface area contributed by atoms with Crippen LogP contribution in [0, 0.1) is 19.8 Å². The monoisotopic (exact) mass is 416 g/mol. The zero-order valence-electron chi connectivity index (χ0n) is 18.3. The summed E-state index contributed by atoms with van der Waals surface area (Å²) in [6, 6.07) is 15.8. The molecule has 1 aromatic heterocycles. The van der Waals surface area contributed by atoms with Gasteiger partial charge in [-0.3, -0.25) is 4.79 Å². The predicted octanol–water partition coefficient (Wildman–Crippen LogP) is 4.62. The molecule has 2 heterocycles. The van der Waals surface area contributed by atoms with Crippen molar-refractivity contribution in [2.24, 2.45) is 5.92 Å². The van der Waals surface area contributed by atoms with E-state index < -0.39 is 0 Å². The van der Waals surface area contributed by atoms with Crippen LogP contribution >= 0.6 is 0 Å². The number of ether oxygens (including phenoxy) is 1. The molecular weight excluding hydrogens is 388 g/mol. The standard InChI is InChI=1S/C25H28N4O2/c1-17-6-4-8-22(18(17)2)28-25(30)20-7-5-13-29(15-20)24-14-23(26-16-27-24)19-9-11-21(31-3)12-10-19/h4,6,8-12,14,16,20H,5,7,13,15H2,1-3H3,(H,28,30). The van der Waals surface area contributed by atoms with Crippen LogP contribution in [0.1, 0.15) is 24.0 Å². The molecule has 6 heteroatoms. The van der Waals surface area contributed by atoms with Crippen LogP contribution in [0.4, 0.5) is 11.5 Å². The minimum absolute atomic E-state index is 0.0721. The molecule has 6 nitrogen and oxygen atoms in total. The van der Waals surface area contributed by atoms with Crippen molar-refractivity contribution in [3.8, 4) is 17.0 Å². The van der Waals surface area contributed by atoms with Gasteiger partial charge >= 0.3 is 0 Å². The zero-order valence-corrected chi connectivity index (χ0v) is 18.3. The first-order chi connectivity index (χ1) is 15.0. The van der Waals surface area contributed by atoms with Crippen LogP contribution in [0.2, 0.25) is 0 Å². The number of nitrogens with one attached hydrogen (secondary N) is 1. The largest absolute Gasteiger partial charge is 0.497 e. The van der Waals surface area contributed by atoms with Crippen molar-refractivity contribution in [1.82, 2.24) is 9.97 Å². The van der Waals surface area contributed by atoms with Gasteiger partial charge in [0, 0.05) is 30.4 Å². The van der Waals surface area contributed by atoms with Gasteiger partial charge in [-0.2, -0.15) is 0 Å². The third kappa shape index (κ3) is 4.68. The van der Waals surface area contributed by atoms with Gasteiger partial charge in [0.15, 0.2) is 0 Å². The highest BCUT2D eigenvalue weighted by Gasteiger charge is 2.27. The summed E-state index contributed by atoms with van der Waals surface area (Å²) in [6.45, 7) is 5.63. The lowest BCUT2D eigenvalue weighted by molar-refractivity contribution is -0.120. The molecule has 3 aromatic rings. The summed E-state index contributed by atoms with van der Waals surface area (Å²) in [4.78, 5) is 24.1. The van der Waals surface area contributed by atoms with Crippen LogP contribution in [0.15, 0.2) is 54.9 Å². The molecular formula is C25H28N4O2. The molecule has 4 rings (SSSR count). The number of nitrogens with zero attached hydrogens (tertiary/aromatic N) is 3. The second kappa shape index (κ2) is 9.16. The van der Waals surface area contributed by atoms with E-state index in [9.17, 15) is 4.79 Å². The summed E-state index contributed by atoms with van der Waals surface area (Å²) < 4.78 is 5.24. The van der Waals surface area contributed by atoms with Gasteiger partial charge in [-0.15, -0.1) is 0 Å². The Labute approximate surface area is 183 Å². The van der Waals surface area contributed by atoms with E-state index in [1.807, 2.05) is 49.4 Å². The Morgan fingerprint density at radius 1 is 1.13 bits per heavy atom. The summed E-state index contributed by atoms with van der Waals surface area (Å²) in [6.07, 6.45) is 3.42. The van der Waals surface area contributed by atoms with Crippen molar-refractivity contribution in [3.63, 3.8) is 0 Å². The van der Waals surface area contributed by atoms with Crippen molar-refractivity contribution in [1.29, 1.82) is 0 Å². The lowest BCUT2D eigenvalue weighted by Crippen LogP contribution is -2.41. The fourth-order valence-corrected chi connectivity index (χ4v) is 3.96. The third-order valence-corrected chi connectivity index (χ3v) is 6.02. The predicted molar refractivity (Wildman–Crippen MR) is 124 cm³/mol. The quantitative estimate of drug-likeness (QED) is 0.657. The molecule has 0 saturated carbocycles. The third-order valence-electron chi connectivity index (χ3n) is 6.02. The van der Waals surface area contributed by atoms with Gasteiger partial charge in [0.2, 0.25) is 5.91 Å². The molecule has 1 atom stereocenters. The number of hydrogen-bond donors (Lipinski definition) is 1. The van der Waals surface area contributed by atoms with Gasteiger partial charge < -0.3 is 15.0 Å². The highest BCUT2D eigenvalue weighted by Crippen LogP contribution is 2.27. The minimum atomic E-state index is -0.0759. The molecule has 160 valence electrons. The number of rotatable bonds is 5. The molecule has 2 aromatic carbocycles. The van der Waals surface area contributed by atoms with Crippen LogP contribution in [0.25, 0.3) is 11.3 Å². The normalized spacial score (nSPS) is 16.1. The Balaban J connectivity index is 1.48. The summed E-state index contributed by atoms with van der Waals surface area (Å²) in [5, 5.41) is 3.13. The molecule has 1 saturated heterocycles. The summed E-state index contributed by atoms with van der Waals surface area (Å²) in [7, 11) is 1.65. The van der Waals surface area contributed by atoms with Crippen LogP contribution in [-0.2, 0) is 4.79 Å². The Kier molecular flexibility index (Phi) is 6.16. The first kappa shape index (κ1) is 20.8. The van der Waals surface area contributed by atoms with E-state index in [1.165, 1.54) is 5.56 Å². The number of hydrogen-bond acceptors (Lipinski definition) is 5. The molecule has 1 aliphatic rings. The van der Waals surface area contributed by atoms with Gasteiger partial charge in [0.1, 0.15) is 17.9 Å². The summed E-state index contributed by atoms with van der Waals surface area (Å²) in [5.41, 5.74) is 5.05. The highest BCUT2D eigenvalue weighted by molar-refractivity contribution is 5.93. The SMILES string of the molecule is COc1ccc(-c2cc(N3CCCC(C(=O)Nc4cccc(C)c4C)C3)ncn2)cc1. The molecule has 1 fully saturated rings. The van der Waals surface area contributed by atoms with Crippen molar-refractivity contribution < 1.29 is 9.53 Å². The van der Waals surface area contributed by atoms with Gasteiger partial charge in [0.05, 0.1) is 18.7 Å². The number of carbonyl (C=O) groups is 1. The number of methoxy groups -OCH3 is 1. The van der Waals surface area contributed by atoms with E-state index in [0.29, 0.717) is 6.54 Å². The number of carbonyl (C=O) groups excluding carboxylic acids is 1. The Hall–Kier alpha value is -3.41. The molecule has 0 radical (unpaired) electrons. The molecule has 1 unspecified atom stereocenters. The molecule has 0 bridgehead atoms. The maximum atomic E-state index is 13.0. The number of amides is 1. The smallest absolute Gasteiger partial charge is 0.229 e. The number of benzene rings is 2. The fraction of sp³-hybridized carbons (Fsp3) is 0.320. The molecule has 31 heavy (non-hydrogen) atoms. The van der Waals surface area contributed by atoms with Crippen molar-refractivity contribution in [2.75, 3.05) is 30.4 Å². The average molecular weight is 417 g/mol. The molecule has 0 spiro atoms. The van der Waals surface area contributed by atoms with Gasteiger partial charge in [-0.05, 0) is 68.1 Å².